The molecule has 1 saturated heterocycles. The van der Waals surface area contributed by atoms with E-state index in [1.54, 1.807) is 0 Å². The van der Waals surface area contributed by atoms with Crippen LogP contribution in [0, 0.1) is 6.92 Å². The smallest absolute Gasteiger partial charge is 0.225 e. The highest BCUT2D eigenvalue weighted by molar-refractivity contribution is 5.88. The van der Waals surface area contributed by atoms with Crippen LogP contribution in [-0.2, 0) is 0 Å². The maximum atomic E-state index is 5.09. The molecular formula is C29H30N7+. The summed E-state index contributed by atoms with van der Waals surface area (Å²) in [4.78, 5) is 21.3. The van der Waals surface area contributed by atoms with Crippen LogP contribution < -0.4 is 5.01 Å². The van der Waals surface area contributed by atoms with E-state index >= 15 is 0 Å². The highest BCUT2D eigenvalue weighted by Crippen LogP contribution is 2.47. The Kier molecular flexibility index (Phi) is 4.91. The summed E-state index contributed by atoms with van der Waals surface area (Å²) >= 11 is 0. The molecule has 7 rings (SSSR count). The molecule has 1 unspecified atom stereocenters. The molecule has 3 aromatic rings. The molecule has 180 valence electrons. The molecule has 1 aliphatic carbocycles. The van der Waals surface area contributed by atoms with Crippen molar-refractivity contribution in [3.8, 4) is 11.4 Å². The molecule has 1 saturated carbocycles. The largest absolute Gasteiger partial charge is 0.301 e. The number of aliphatic imine (C=N–C) groups is 2. The number of pyridine rings is 2. The fourth-order valence-electron chi connectivity index (χ4n) is 6.08. The van der Waals surface area contributed by atoms with Gasteiger partial charge in [-0.25, -0.2) is 15.0 Å². The first kappa shape index (κ1) is 21.6. The molecule has 1 atom stereocenters. The summed E-state index contributed by atoms with van der Waals surface area (Å²) in [5, 5.41) is 3.76. The molecule has 0 N–H and O–H groups in total. The van der Waals surface area contributed by atoms with Gasteiger partial charge in [-0.3, -0.25) is 9.98 Å². The van der Waals surface area contributed by atoms with Gasteiger partial charge in [-0.1, -0.05) is 12.1 Å². The third kappa shape index (κ3) is 3.27. The molecule has 3 aliphatic heterocycles. The van der Waals surface area contributed by atoms with Gasteiger partial charge in [0.2, 0.25) is 12.0 Å². The number of hydrogen-bond acceptors (Lipinski definition) is 6. The predicted octanol–water partition coefficient (Wildman–Crippen LogP) is 5.21. The van der Waals surface area contributed by atoms with E-state index < -0.39 is 0 Å². The molecule has 2 fully saturated rings. The van der Waals surface area contributed by atoms with Crippen molar-refractivity contribution in [3.05, 3.63) is 78.5 Å². The van der Waals surface area contributed by atoms with Crippen LogP contribution in [0.5, 0.6) is 0 Å². The molecule has 5 heterocycles. The van der Waals surface area contributed by atoms with E-state index in [1.165, 1.54) is 36.9 Å². The number of aryl methyl sites for hydroxylation is 1. The Morgan fingerprint density at radius 3 is 2.69 bits per heavy atom. The zero-order valence-corrected chi connectivity index (χ0v) is 20.6. The van der Waals surface area contributed by atoms with Crippen molar-refractivity contribution >= 4 is 29.1 Å². The minimum atomic E-state index is 0.0205. The Labute approximate surface area is 211 Å². The Morgan fingerprint density at radius 1 is 1.03 bits per heavy atom. The van der Waals surface area contributed by atoms with E-state index in [0.717, 1.165) is 47.7 Å². The number of likely N-dealkylation sites (tertiary alicyclic amines) is 1. The summed E-state index contributed by atoms with van der Waals surface area (Å²) in [5.74, 6) is 0. The van der Waals surface area contributed by atoms with Crippen LogP contribution in [0.25, 0.3) is 22.3 Å². The monoisotopic (exact) mass is 476 g/mol. The molecule has 0 spiro atoms. The van der Waals surface area contributed by atoms with Crippen molar-refractivity contribution in [1.29, 1.82) is 0 Å². The minimum absolute atomic E-state index is 0.0205. The van der Waals surface area contributed by atoms with Crippen LogP contribution in [0.2, 0.25) is 0 Å². The highest BCUT2D eigenvalue weighted by Gasteiger charge is 2.56. The van der Waals surface area contributed by atoms with Crippen LogP contribution in [-0.4, -0.2) is 57.2 Å². The Balaban J connectivity index is 1.40. The second-order valence-electron chi connectivity index (χ2n) is 10.4. The van der Waals surface area contributed by atoms with E-state index in [0.29, 0.717) is 4.59 Å². The van der Waals surface area contributed by atoms with Gasteiger partial charge in [0, 0.05) is 18.1 Å². The van der Waals surface area contributed by atoms with Gasteiger partial charge in [-0.2, -0.15) is 0 Å². The number of quaternary nitrogens is 1. The van der Waals surface area contributed by atoms with Gasteiger partial charge in [0.25, 0.3) is 0 Å². The molecule has 4 aliphatic rings. The van der Waals surface area contributed by atoms with Gasteiger partial charge in [0.1, 0.15) is 5.54 Å². The lowest BCUT2D eigenvalue weighted by Gasteiger charge is -2.57. The van der Waals surface area contributed by atoms with E-state index in [4.69, 9.17) is 4.98 Å². The van der Waals surface area contributed by atoms with Crippen LogP contribution >= 0.6 is 0 Å². The van der Waals surface area contributed by atoms with Crippen molar-refractivity contribution < 1.29 is 4.59 Å². The van der Waals surface area contributed by atoms with E-state index in [9.17, 15) is 0 Å². The topological polar surface area (TPSA) is 57.0 Å². The third-order valence-corrected chi connectivity index (χ3v) is 8.15. The molecule has 0 radical (unpaired) electrons. The van der Waals surface area contributed by atoms with Gasteiger partial charge in [-0.05, 0) is 81.6 Å². The summed E-state index contributed by atoms with van der Waals surface area (Å²) in [7, 11) is 0. The van der Waals surface area contributed by atoms with Gasteiger partial charge >= 0.3 is 0 Å². The van der Waals surface area contributed by atoms with Crippen LogP contribution in [0.4, 0.5) is 5.69 Å². The standard InChI is InChI=1S/C29H30N7/c1-22-16-28(26-6-2-3-11-32-26)33-27-17-23(7-8-25(22)27)35(29(9-4-10-29)20-34-13-5-14-34)36-15-12-30-18-24(36)19-31-21-36/h2-3,6-8,11-12,15-19,21H,4-5,9-10,13-14,20H2,1H3/q+1. The predicted molar refractivity (Wildman–Crippen MR) is 144 cm³/mol. The summed E-state index contributed by atoms with van der Waals surface area (Å²) in [6.45, 7) is 5.60. The fourth-order valence-corrected chi connectivity index (χ4v) is 6.08. The number of rotatable bonds is 6. The SMILES string of the molecule is Cc1cc(-c2ccccn2)nc2cc(N(C3(CN4CCC4)CCC3)[N+]34C=CN=CC3=CN=C4)ccc12. The molecule has 0 bridgehead atoms. The molecule has 0 amide bonds. The maximum absolute atomic E-state index is 5.09. The van der Waals surface area contributed by atoms with Gasteiger partial charge < -0.3 is 4.90 Å². The van der Waals surface area contributed by atoms with Crippen LogP contribution in [0.3, 0.4) is 0 Å². The second-order valence-corrected chi connectivity index (χ2v) is 10.4. The number of hydrogen-bond donors (Lipinski definition) is 0. The number of benzene rings is 1. The van der Waals surface area contributed by atoms with Crippen molar-refractivity contribution in [2.75, 3.05) is 24.6 Å². The molecular weight excluding hydrogens is 446 g/mol. The van der Waals surface area contributed by atoms with Gasteiger partial charge in [-0.15, -0.1) is 4.59 Å². The lowest BCUT2D eigenvalue weighted by atomic mass is 9.74. The zero-order chi connectivity index (χ0) is 24.2. The number of nitrogens with zero attached hydrogens (tertiary/aromatic N) is 7. The van der Waals surface area contributed by atoms with Crippen LogP contribution in [0.1, 0.15) is 31.2 Å². The zero-order valence-electron chi connectivity index (χ0n) is 20.6. The fraction of sp³-hybridized carbons (Fsp3) is 0.310. The van der Waals surface area contributed by atoms with Crippen molar-refractivity contribution in [3.63, 3.8) is 0 Å². The number of anilines is 1. The summed E-state index contributed by atoms with van der Waals surface area (Å²) < 4.78 is 0.446. The highest BCUT2D eigenvalue weighted by atomic mass is 15.8. The average molecular weight is 477 g/mol. The van der Waals surface area contributed by atoms with E-state index in [-0.39, 0.29) is 5.54 Å². The number of fused-ring (bicyclic) bond motifs is 2. The first-order chi connectivity index (χ1) is 17.7. The molecule has 7 heteroatoms. The van der Waals surface area contributed by atoms with Crippen molar-refractivity contribution in [2.45, 2.75) is 38.1 Å². The Bertz CT molecular complexity index is 1450. The first-order valence-electron chi connectivity index (χ1n) is 12.9. The van der Waals surface area contributed by atoms with Gasteiger partial charge in [0.05, 0.1) is 41.2 Å². The van der Waals surface area contributed by atoms with E-state index in [2.05, 4.69) is 62.3 Å². The Morgan fingerprint density at radius 2 is 1.94 bits per heavy atom. The lowest BCUT2D eigenvalue weighted by Crippen LogP contribution is -2.71. The molecule has 2 aromatic heterocycles. The Hall–Kier alpha value is -3.68. The third-order valence-electron chi connectivity index (χ3n) is 8.15. The normalized spacial score (nSPS) is 23.8. The van der Waals surface area contributed by atoms with Crippen molar-refractivity contribution in [1.82, 2.24) is 14.9 Å². The second kappa shape index (κ2) is 8.18. The number of aromatic nitrogens is 2. The number of allylic oxidation sites excluding steroid dienone is 1. The molecule has 7 nitrogen and oxygen atoms in total. The minimum Gasteiger partial charge on any atom is -0.301 e. The van der Waals surface area contributed by atoms with Crippen molar-refractivity contribution in [2.24, 2.45) is 9.98 Å². The quantitative estimate of drug-likeness (QED) is 0.458. The summed E-state index contributed by atoms with van der Waals surface area (Å²) in [5.41, 5.74) is 6.25. The lowest BCUT2D eigenvalue weighted by molar-refractivity contribution is -0.751. The molecule has 1 aromatic carbocycles. The van der Waals surface area contributed by atoms with E-state index in [1.807, 2.05) is 49.3 Å². The molecule has 36 heavy (non-hydrogen) atoms. The summed E-state index contributed by atoms with van der Waals surface area (Å²) in [6, 6.07) is 14.9. The van der Waals surface area contributed by atoms with Crippen LogP contribution in [0.15, 0.2) is 82.9 Å². The van der Waals surface area contributed by atoms with Gasteiger partial charge in [0.15, 0.2) is 6.20 Å². The first-order valence-corrected chi connectivity index (χ1v) is 12.9. The maximum Gasteiger partial charge on any atom is 0.225 e. The summed E-state index contributed by atoms with van der Waals surface area (Å²) in [6.07, 6.45) is 16.7. The average Bonchev–Trinajstić information content (AvgIpc) is 3.29.